The summed E-state index contributed by atoms with van der Waals surface area (Å²) in [4.78, 5) is 4.53. The number of rotatable bonds is 4. The summed E-state index contributed by atoms with van der Waals surface area (Å²) in [5.74, 6) is 1.60. The lowest BCUT2D eigenvalue weighted by molar-refractivity contribution is -0.119. The quantitative estimate of drug-likeness (QED) is 0.610. The van der Waals surface area contributed by atoms with Gasteiger partial charge in [0.25, 0.3) is 0 Å². The molecule has 2 aliphatic carbocycles. The topological polar surface area (TPSA) is 22.1 Å². The summed E-state index contributed by atoms with van der Waals surface area (Å²) in [5.41, 5.74) is 5.01. The Balaban J connectivity index is 1.54. The van der Waals surface area contributed by atoms with Crippen LogP contribution >= 0.6 is 0 Å². The molecule has 4 rings (SSSR count). The second-order valence-corrected chi connectivity index (χ2v) is 9.75. The summed E-state index contributed by atoms with van der Waals surface area (Å²) >= 11 is 0. The molecule has 0 amide bonds. The van der Waals surface area contributed by atoms with E-state index in [1.165, 1.54) is 49.7 Å². The Morgan fingerprint density at radius 1 is 1.15 bits per heavy atom. The summed E-state index contributed by atoms with van der Waals surface area (Å²) in [5, 5.41) is 0. The van der Waals surface area contributed by atoms with Crippen LogP contribution in [0.1, 0.15) is 83.8 Å². The van der Waals surface area contributed by atoms with Crippen LogP contribution in [0.5, 0.6) is 0 Å². The predicted molar refractivity (Wildman–Crippen MR) is 113 cm³/mol. The zero-order chi connectivity index (χ0) is 19.1. The molecule has 2 nitrogen and oxygen atoms in total. The van der Waals surface area contributed by atoms with Crippen molar-refractivity contribution >= 4 is 5.57 Å². The molecule has 5 atom stereocenters. The third-order valence-corrected chi connectivity index (χ3v) is 8.44. The van der Waals surface area contributed by atoms with Gasteiger partial charge in [-0.05, 0) is 96.8 Å². The minimum atomic E-state index is 0.331. The highest BCUT2D eigenvalue weighted by molar-refractivity contribution is 5.72. The zero-order valence-corrected chi connectivity index (χ0v) is 17.8. The molecule has 0 N–H and O–H groups in total. The first kappa shape index (κ1) is 19.2. The Labute approximate surface area is 165 Å². The molecule has 2 heteroatoms. The van der Waals surface area contributed by atoms with Gasteiger partial charge in [-0.25, -0.2) is 0 Å². The fraction of sp³-hybridized carbons (Fsp3) is 0.720. The first-order chi connectivity index (χ1) is 13.0. The average molecular weight is 368 g/mol. The average Bonchev–Trinajstić information content (AvgIpc) is 3.04. The van der Waals surface area contributed by atoms with Gasteiger partial charge in [0.15, 0.2) is 0 Å². The molecule has 1 aromatic rings. The number of aryl methyl sites for hydroxylation is 1. The van der Waals surface area contributed by atoms with Crippen LogP contribution in [-0.4, -0.2) is 17.7 Å². The first-order valence-electron chi connectivity index (χ1n) is 11.3. The summed E-state index contributed by atoms with van der Waals surface area (Å²) < 4.78 is 6.23. The van der Waals surface area contributed by atoms with E-state index in [0.29, 0.717) is 16.9 Å². The molecule has 1 saturated heterocycles. The van der Waals surface area contributed by atoms with E-state index in [2.05, 4.69) is 51.0 Å². The molecular weight excluding hydrogens is 330 g/mol. The van der Waals surface area contributed by atoms with Crippen LogP contribution in [0.25, 0.3) is 5.57 Å². The summed E-state index contributed by atoms with van der Waals surface area (Å²) in [6.45, 7) is 10.6. The van der Waals surface area contributed by atoms with E-state index < -0.39 is 0 Å². The summed E-state index contributed by atoms with van der Waals surface area (Å²) in [6.07, 6.45) is 17.2. The lowest BCUT2D eigenvalue weighted by atomic mass is 9.55. The molecule has 2 heterocycles. The number of ether oxygens (including phenoxy) is 1. The largest absolute Gasteiger partial charge is 0.378 e. The number of nitrogens with zero attached hydrogens (tertiary/aromatic N) is 1. The van der Waals surface area contributed by atoms with E-state index in [9.17, 15) is 0 Å². The minimum Gasteiger partial charge on any atom is -0.378 e. The lowest BCUT2D eigenvalue weighted by Crippen LogP contribution is -2.47. The van der Waals surface area contributed by atoms with Crippen molar-refractivity contribution in [3.05, 3.63) is 35.7 Å². The van der Waals surface area contributed by atoms with Crippen molar-refractivity contribution in [1.29, 1.82) is 0 Å². The molecule has 1 aliphatic heterocycles. The van der Waals surface area contributed by atoms with Crippen LogP contribution < -0.4 is 0 Å². The van der Waals surface area contributed by atoms with Crippen LogP contribution in [0.3, 0.4) is 0 Å². The van der Waals surface area contributed by atoms with Crippen molar-refractivity contribution in [2.24, 2.45) is 22.7 Å². The molecular formula is C25H37NO. The Morgan fingerprint density at radius 2 is 2.00 bits per heavy atom. The molecule has 1 saturated carbocycles. The van der Waals surface area contributed by atoms with Gasteiger partial charge in [0, 0.05) is 19.0 Å². The molecule has 5 unspecified atom stereocenters. The van der Waals surface area contributed by atoms with E-state index in [1.54, 1.807) is 5.57 Å². The molecule has 2 fully saturated rings. The normalized spacial score (nSPS) is 39.1. The molecule has 27 heavy (non-hydrogen) atoms. The molecule has 1 aromatic heterocycles. The maximum atomic E-state index is 6.23. The lowest BCUT2D eigenvalue weighted by Gasteiger charge is -2.52. The van der Waals surface area contributed by atoms with Crippen LogP contribution in [0, 0.1) is 22.7 Å². The summed E-state index contributed by atoms with van der Waals surface area (Å²) in [6, 6.07) is 2.38. The van der Waals surface area contributed by atoms with Gasteiger partial charge < -0.3 is 4.74 Å². The number of allylic oxidation sites excluding steroid dienone is 2. The Bertz CT molecular complexity index is 710. The highest BCUT2D eigenvalue weighted by Gasteiger charge is 2.51. The monoisotopic (exact) mass is 367 g/mol. The highest BCUT2D eigenvalue weighted by Crippen LogP contribution is 2.60. The van der Waals surface area contributed by atoms with E-state index in [1.807, 2.05) is 6.20 Å². The highest BCUT2D eigenvalue weighted by atomic mass is 16.5. The second-order valence-electron chi connectivity index (χ2n) is 9.75. The Hall–Kier alpha value is -1.15. The molecule has 0 spiro atoms. The van der Waals surface area contributed by atoms with Crippen molar-refractivity contribution < 1.29 is 4.74 Å². The first-order valence-corrected chi connectivity index (χ1v) is 11.3. The number of pyridine rings is 1. The number of fused-ring (bicyclic) bond motifs is 1. The maximum absolute atomic E-state index is 6.23. The predicted octanol–water partition coefficient (Wildman–Crippen LogP) is 6.45. The van der Waals surface area contributed by atoms with E-state index in [0.717, 1.165) is 31.3 Å². The van der Waals surface area contributed by atoms with Crippen molar-refractivity contribution in [3.63, 3.8) is 0 Å². The van der Waals surface area contributed by atoms with Gasteiger partial charge in [0.2, 0.25) is 0 Å². The third kappa shape index (κ3) is 3.18. The number of hydrogen-bond donors (Lipinski definition) is 0. The number of hydrogen-bond acceptors (Lipinski definition) is 2. The van der Waals surface area contributed by atoms with Crippen molar-refractivity contribution in [1.82, 2.24) is 4.98 Å². The molecule has 0 aromatic carbocycles. The fourth-order valence-electron chi connectivity index (χ4n) is 6.56. The fourth-order valence-corrected chi connectivity index (χ4v) is 6.56. The van der Waals surface area contributed by atoms with Gasteiger partial charge >= 0.3 is 0 Å². The van der Waals surface area contributed by atoms with E-state index in [4.69, 9.17) is 4.74 Å². The van der Waals surface area contributed by atoms with Gasteiger partial charge in [0.05, 0.1) is 6.10 Å². The van der Waals surface area contributed by atoms with E-state index in [-0.39, 0.29) is 0 Å². The van der Waals surface area contributed by atoms with Crippen LogP contribution in [0.4, 0.5) is 0 Å². The van der Waals surface area contributed by atoms with Gasteiger partial charge in [-0.3, -0.25) is 4.98 Å². The molecule has 0 radical (unpaired) electrons. The molecule has 3 aliphatic rings. The van der Waals surface area contributed by atoms with Crippen molar-refractivity contribution in [3.8, 4) is 0 Å². The molecule has 148 valence electrons. The molecule has 0 bridgehead atoms. The minimum absolute atomic E-state index is 0.331. The second kappa shape index (κ2) is 7.35. The number of aromatic nitrogens is 1. The van der Waals surface area contributed by atoms with Crippen LogP contribution in [-0.2, 0) is 11.2 Å². The van der Waals surface area contributed by atoms with Crippen molar-refractivity contribution in [2.45, 2.75) is 85.2 Å². The van der Waals surface area contributed by atoms with Gasteiger partial charge in [-0.2, -0.15) is 0 Å². The van der Waals surface area contributed by atoms with Crippen LogP contribution in [0.2, 0.25) is 0 Å². The zero-order valence-electron chi connectivity index (χ0n) is 17.8. The third-order valence-electron chi connectivity index (χ3n) is 8.44. The van der Waals surface area contributed by atoms with Crippen LogP contribution in [0.15, 0.2) is 24.5 Å². The van der Waals surface area contributed by atoms with Gasteiger partial charge in [-0.1, -0.05) is 33.8 Å². The van der Waals surface area contributed by atoms with Gasteiger partial charge in [0.1, 0.15) is 0 Å². The maximum Gasteiger partial charge on any atom is 0.0628 e. The standard InChI is InChI=1S/C25H37NO/c1-5-18-14-19(17-26-16-18)22-9-8-20-15-21(10-12-24(20,22)3)25(4)11-7-13-27-23(25)6-2/h9,14,16-17,20-21,23H,5-8,10-13,15H2,1-4H3. The van der Waals surface area contributed by atoms with Crippen molar-refractivity contribution in [2.75, 3.05) is 6.61 Å². The Kier molecular flexibility index (Phi) is 5.22. The smallest absolute Gasteiger partial charge is 0.0628 e. The SMILES string of the molecule is CCc1cncc(C2=CCC3CC(C4(C)CCCOC4CC)CCC23C)c1. The Morgan fingerprint density at radius 3 is 2.78 bits per heavy atom. The van der Waals surface area contributed by atoms with Gasteiger partial charge in [-0.15, -0.1) is 0 Å². The van der Waals surface area contributed by atoms with E-state index >= 15 is 0 Å². The summed E-state index contributed by atoms with van der Waals surface area (Å²) in [7, 11) is 0.